The molecule has 4 rings (SSSR count). The molecule has 1 aromatic rings. The van der Waals surface area contributed by atoms with E-state index in [1.807, 2.05) is 13.8 Å². The highest BCUT2D eigenvalue weighted by atomic mass is 16.6. The summed E-state index contributed by atoms with van der Waals surface area (Å²) in [6.45, 7) is 6.95. The van der Waals surface area contributed by atoms with Crippen LogP contribution in [0.4, 0.5) is 0 Å². The minimum Gasteiger partial charge on any atom is -0.456 e. The molecule has 0 amide bonds. The zero-order valence-corrected chi connectivity index (χ0v) is 20.2. The number of rotatable bonds is 4. The highest BCUT2D eigenvalue weighted by Crippen LogP contribution is 2.36. The molecule has 0 unspecified atom stereocenters. The van der Waals surface area contributed by atoms with Crippen molar-refractivity contribution < 1.29 is 33.3 Å². The van der Waals surface area contributed by atoms with Gasteiger partial charge in [0.15, 0.2) is 36.1 Å². The van der Waals surface area contributed by atoms with Gasteiger partial charge in [0.1, 0.15) is 0 Å². The molecular formula is C23H24N4O9. The normalized spacial score (nSPS) is 21.8. The predicted octanol–water partition coefficient (Wildman–Crippen LogP) is 0.525. The Kier molecular flexibility index (Phi) is 6.59. The van der Waals surface area contributed by atoms with Gasteiger partial charge in [0.05, 0.1) is 17.6 Å². The second-order valence-electron chi connectivity index (χ2n) is 8.47. The molecule has 0 bridgehead atoms. The third-order valence-electron chi connectivity index (χ3n) is 5.74. The van der Waals surface area contributed by atoms with Crippen molar-refractivity contribution in [2.45, 2.75) is 59.2 Å². The molecule has 4 atom stereocenters. The van der Waals surface area contributed by atoms with Crippen molar-refractivity contribution in [3.8, 4) is 11.5 Å². The molecule has 13 nitrogen and oxygen atoms in total. The van der Waals surface area contributed by atoms with Crippen LogP contribution >= 0.6 is 0 Å². The molecule has 0 radical (unpaired) electrons. The molecule has 1 saturated heterocycles. The number of hydrogen-bond donors (Lipinski definition) is 1. The van der Waals surface area contributed by atoms with E-state index < -0.39 is 53.7 Å². The molecule has 0 saturated carbocycles. The van der Waals surface area contributed by atoms with Crippen LogP contribution < -0.4 is 11.2 Å². The van der Waals surface area contributed by atoms with Gasteiger partial charge in [0.25, 0.3) is 5.56 Å². The molecule has 1 aromatic carbocycles. The summed E-state index contributed by atoms with van der Waals surface area (Å²) in [6, 6.07) is 3.51. The summed E-state index contributed by atoms with van der Waals surface area (Å²) in [6.07, 6.45) is -4.95. The molecular weight excluding hydrogens is 476 g/mol. The molecule has 36 heavy (non-hydrogen) atoms. The third-order valence-corrected chi connectivity index (χ3v) is 5.74. The van der Waals surface area contributed by atoms with E-state index in [2.05, 4.69) is 15.0 Å². The van der Waals surface area contributed by atoms with Crippen molar-refractivity contribution in [2.24, 2.45) is 0 Å². The standard InChI is InChI=1S/C23H24N4O9/c1-9-6-14-15(7-10(9)2)27(20-17(24-14)21(31)26-23(32)25-20)22-19(36-13(5)30)18(35-12(4)29)16(8-33-22)34-11(3)28/h6-7,16,18-19,22H,8H2,1-5H3,(H,26,31,32)/t16-,18-,19-,22-/m1/s1. The topological polar surface area (TPSA) is 169 Å². The van der Waals surface area contributed by atoms with E-state index in [-0.39, 0.29) is 18.1 Å². The Bertz CT molecular complexity index is 1460. The fourth-order valence-corrected chi connectivity index (χ4v) is 4.21. The van der Waals surface area contributed by atoms with Crippen molar-refractivity contribution >= 4 is 28.9 Å². The lowest BCUT2D eigenvalue weighted by Gasteiger charge is -2.42. The fraction of sp³-hybridized carbons (Fsp3) is 0.435. The Labute approximate surface area is 203 Å². The number of carbonyl (C=O) groups excluding carboxylic acids is 3. The van der Waals surface area contributed by atoms with Crippen LogP contribution in [-0.4, -0.2) is 62.3 Å². The van der Waals surface area contributed by atoms with Crippen LogP contribution in [0.2, 0.25) is 0 Å². The van der Waals surface area contributed by atoms with Crippen LogP contribution in [0.25, 0.3) is 22.6 Å². The summed E-state index contributed by atoms with van der Waals surface area (Å²) < 4.78 is 23.7. The molecule has 3 aliphatic rings. The van der Waals surface area contributed by atoms with E-state index in [9.17, 15) is 24.0 Å². The number of hydrogen-bond acceptors (Lipinski definition) is 11. The summed E-state index contributed by atoms with van der Waals surface area (Å²) in [5.41, 5.74) is 0.707. The van der Waals surface area contributed by atoms with Crippen LogP contribution in [-0.2, 0) is 33.3 Å². The maximum absolute atomic E-state index is 12.6. The van der Waals surface area contributed by atoms with Gasteiger partial charge >= 0.3 is 23.6 Å². The van der Waals surface area contributed by atoms with Crippen LogP contribution in [0.5, 0.6) is 0 Å². The molecule has 3 heterocycles. The van der Waals surface area contributed by atoms with Crippen molar-refractivity contribution in [3.63, 3.8) is 0 Å². The van der Waals surface area contributed by atoms with E-state index in [4.69, 9.17) is 18.9 Å². The Morgan fingerprint density at radius 2 is 1.56 bits per heavy atom. The van der Waals surface area contributed by atoms with Crippen LogP contribution in [0, 0.1) is 13.8 Å². The third kappa shape index (κ3) is 4.69. The molecule has 0 aliphatic carbocycles. The molecule has 0 aromatic heterocycles. The number of aromatic nitrogens is 4. The quantitative estimate of drug-likeness (QED) is 0.301. The molecule has 3 aliphatic heterocycles. The monoisotopic (exact) mass is 500 g/mol. The molecule has 1 fully saturated rings. The Balaban J connectivity index is 2.02. The number of nitrogens with one attached hydrogen (secondary N) is 1. The lowest BCUT2D eigenvalue weighted by molar-refractivity contribution is -0.238. The zero-order chi connectivity index (χ0) is 26.3. The highest BCUT2D eigenvalue weighted by molar-refractivity contribution is 5.81. The number of esters is 3. The van der Waals surface area contributed by atoms with E-state index in [0.29, 0.717) is 11.0 Å². The maximum Gasteiger partial charge on any atom is 0.349 e. The molecule has 0 spiro atoms. The second-order valence-corrected chi connectivity index (χ2v) is 8.47. The Morgan fingerprint density at radius 3 is 2.19 bits per heavy atom. The summed E-state index contributed by atoms with van der Waals surface area (Å²) in [4.78, 5) is 71.0. The number of carbonyl (C=O) groups is 3. The first-order valence-corrected chi connectivity index (χ1v) is 11.0. The number of ether oxygens (including phenoxy) is 4. The van der Waals surface area contributed by atoms with Crippen LogP contribution in [0.3, 0.4) is 0 Å². The minimum absolute atomic E-state index is 0.130. The highest BCUT2D eigenvalue weighted by Gasteiger charge is 2.48. The lowest BCUT2D eigenvalue weighted by Crippen LogP contribution is -2.55. The van der Waals surface area contributed by atoms with Crippen molar-refractivity contribution in [2.75, 3.05) is 6.61 Å². The Hall–Kier alpha value is -4.13. The van der Waals surface area contributed by atoms with E-state index in [1.54, 1.807) is 12.1 Å². The van der Waals surface area contributed by atoms with Gasteiger partial charge in [-0.25, -0.2) is 9.78 Å². The number of aryl methyl sites for hydroxylation is 2. The van der Waals surface area contributed by atoms with Crippen LogP contribution in [0.1, 0.15) is 38.1 Å². The van der Waals surface area contributed by atoms with Gasteiger partial charge in [0.2, 0.25) is 0 Å². The zero-order valence-electron chi connectivity index (χ0n) is 20.2. The average molecular weight is 500 g/mol. The molecule has 13 heteroatoms. The average Bonchev–Trinajstić information content (AvgIpc) is 2.75. The van der Waals surface area contributed by atoms with Gasteiger partial charge < -0.3 is 18.9 Å². The minimum atomic E-state index is -1.35. The molecule has 190 valence electrons. The lowest BCUT2D eigenvalue weighted by atomic mass is 10.0. The number of nitrogens with zero attached hydrogens (tertiary/aromatic N) is 3. The van der Waals surface area contributed by atoms with Gasteiger partial charge in [-0.1, -0.05) is 0 Å². The second kappa shape index (κ2) is 9.49. The van der Waals surface area contributed by atoms with Gasteiger partial charge in [-0.05, 0) is 37.1 Å². The van der Waals surface area contributed by atoms with Gasteiger partial charge in [-0.15, -0.1) is 0 Å². The van der Waals surface area contributed by atoms with Gasteiger partial charge in [-0.3, -0.25) is 28.7 Å². The van der Waals surface area contributed by atoms with Crippen molar-refractivity contribution in [3.05, 3.63) is 44.1 Å². The Morgan fingerprint density at radius 1 is 0.944 bits per heavy atom. The first-order chi connectivity index (χ1) is 17.0. The number of H-pyrrole nitrogens is 1. The van der Waals surface area contributed by atoms with Gasteiger partial charge in [0, 0.05) is 20.8 Å². The number of benzene rings is 1. The first kappa shape index (κ1) is 25.0. The summed E-state index contributed by atoms with van der Waals surface area (Å²) in [7, 11) is 0. The SMILES string of the molecule is CC(=O)O[C@@H]1[C@H](OC(C)=O)[C@H](OC(C)=O)CO[C@H]1n1c2nc(=O)[nH]c(=O)c-2nc2cc(C)c(C)cc21. The fourth-order valence-electron chi connectivity index (χ4n) is 4.21. The predicted molar refractivity (Wildman–Crippen MR) is 122 cm³/mol. The summed E-state index contributed by atoms with van der Waals surface area (Å²) in [5.74, 6) is -2.25. The van der Waals surface area contributed by atoms with Crippen molar-refractivity contribution in [1.29, 1.82) is 0 Å². The van der Waals surface area contributed by atoms with Gasteiger partial charge in [-0.2, -0.15) is 4.98 Å². The van der Waals surface area contributed by atoms with Crippen molar-refractivity contribution in [1.82, 2.24) is 19.5 Å². The maximum atomic E-state index is 12.6. The van der Waals surface area contributed by atoms with Crippen LogP contribution in [0.15, 0.2) is 21.7 Å². The van der Waals surface area contributed by atoms with E-state index in [0.717, 1.165) is 25.0 Å². The summed E-state index contributed by atoms with van der Waals surface area (Å²) >= 11 is 0. The summed E-state index contributed by atoms with van der Waals surface area (Å²) in [5, 5.41) is 0. The van der Waals surface area contributed by atoms with E-state index in [1.165, 1.54) is 11.5 Å². The number of fused-ring (bicyclic) bond motifs is 2. The smallest absolute Gasteiger partial charge is 0.349 e. The number of aromatic amines is 1. The molecule has 1 N–H and O–H groups in total. The largest absolute Gasteiger partial charge is 0.456 e. The first-order valence-electron chi connectivity index (χ1n) is 11.0. The van der Waals surface area contributed by atoms with E-state index >= 15 is 0 Å².